The summed E-state index contributed by atoms with van der Waals surface area (Å²) >= 11 is 1.71. The van der Waals surface area contributed by atoms with Crippen molar-refractivity contribution in [3.05, 3.63) is 64.8 Å². The molecule has 1 aliphatic rings. The van der Waals surface area contributed by atoms with Crippen LogP contribution in [0.2, 0.25) is 0 Å². The molecule has 31 heavy (non-hydrogen) atoms. The molecular formula is C25H24N4OS. The number of nitriles is 1. The number of benzene rings is 2. The van der Waals surface area contributed by atoms with Crippen molar-refractivity contribution in [3.63, 3.8) is 0 Å². The number of aromatic amines is 1. The van der Waals surface area contributed by atoms with E-state index >= 15 is 0 Å². The van der Waals surface area contributed by atoms with Crippen molar-refractivity contribution in [2.75, 3.05) is 26.2 Å². The van der Waals surface area contributed by atoms with Crippen molar-refractivity contribution >= 4 is 38.0 Å². The zero-order chi connectivity index (χ0) is 21.2. The zero-order valence-corrected chi connectivity index (χ0v) is 18.3. The monoisotopic (exact) mass is 428 g/mol. The van der Waals surface area contributed by atoms with Gasteiger partial charge < -0.3 is 9.72 Å². The number of H-pyrrole nitrogens is 1. The number of rotatable bonds is 6. The minimum absolute atomic E-state index is 0.704. The summed E-state index contributed by atoms with van der Waals surface area (Å²) in [5.41, 5.74) is 5.40. The summed E-state index contributed by atoms with van der Waals surface area (Å²) in [6, 6.07) is 14.2. The molecule has 1 N–H and O–H groups in total. The number of fused-ring (bicyclic) bond motifs is 2. The fraction of sp³-hybridized carbons (Fsp3) is 0.280. The van der Waals surface area contributed by atoms with Crippen molar-refractivity contribution in [1.82, 2.24) is 14.9 Å². The molecule has 3 heterocycles. The molecule has 0 saturated carbocycles. The highest BCUT2D eigenvalue weighted by atomic mass is 32.1. The topological polar surface area (TPSA) is 64.9 Å². The van der Waals surface area contributed by atoms with Gasteiger partial charge in [-0.05, 0) is 55.7 Å². The number of aryl methyl sites for hydroxylation is 1. The third-order valence-electron chi connectivity index (χ3n) is 5.80. The molecule has 0 bridgehead atoms. The van der Waals surface area contributed by atoms with Crippen molar-refractivity contribution < 1.29 is 4.74 Å². The molecule has 0 amide bonds. The number of nitrogens with one attached hydrogen (secondary N) is 1. The van der Waals surface area contributed by atoms with Gasteiger partial charge in [-0.3, -0.25) is 4.90 Å². The summed E-state index contributed by atoms with van der Waals surface area (Å²) in [7, 11) is 0. The Labute approximate surface area is 185 Å². The fourth-order valence-electron chi connectivity index (χ4n) is 4.21. The molecule has 0 radical (unpaired) electrons. The second-order valence-electron chi connectivity index (χ2n) is 7.92. The average Bonchev–Trinajstić information content (AvgIpc) is 3.38. The van der Waals surface area contributed by atoms with Gasteiger partial charge in [0, 0.05) is 48.4 Å². The van der Waals surface area contributed by atoms with Crippen LogP contribution in [0.3, 0.4) is 0 Å². The van der Waals surface area contributed by atoms with Crippen molar-refractivity contribution in [2.45, 2.75) is 19.8 Å². The third kappa shape index (κ3) is 4.20. The number of nitrogens with zero attached hydrogens (tertiary/aromatic N) is 3. The summed E-state index contributed by atoms with van der Waals surface area (Å²) < 4.78 is 7.16. The van der Waals surface area contributed by atoms with Crippen LogP contribution < -0.4 is 4.74 Å². The van der Waals surface area contributed by atoms with Crippen LogP contribution in [-0.2, 0) is 0 Å². The van der Waals surface area contributed by atoms with Gasteiger partial charge >= 0.3 is 0 Å². The van der Waals surface area contributed by atoms with E-state index in [1.807, 2.05) is 37.3 Å². The lowest BCUT2D eigenvalue weighted by atomic mass is 9.98. The maximum absolute atomic E-state index is 9.20. The molecule has 6 heteroatoms. The van der Waals surface area contributed by atoms with Gasteiger partial charge in [0.2, 0.25) is 0 Å². The predicted molar refractivity (Wildman–Crippen MR) is 127 cm³/mol. The van der Waals surface area contributed by atoms with E-state index in [-0.39, 0.29) is 0 Å². The van der Waals surface area contributed by atoms with E-state index in [2.05, 4.69) is 39.3 Å². The smallest absolute Gasteiger partial charge is 0.121 e. The quantitative estimate of drug-likeness (QED) is 0.411. The maximum atomic E-state index is 9.20. The summed E-state index contributed by atoms with van der Waals surface area (Å²) in [6.07, 6.45) is 6.41. The van der Waals surface area contributed by atoms with Crippen LogP contribution in [0, 0.1) is 18.3 Å². The number of aromatic nitrogens is 2. The minimum Gasteiger partial charge on any atom is -0.493 e. The second kappa shape index (κ2) is 8.54. The van der Waals surface area contributed by atoms with Gasteiger partial charge in [0.15, 0.2) is 0 Å². The molecule has 0 atom stereocenters. The van der Waals surface area contributed by atoms with Gasteiger partial charge in [0.25, 0.3) is 0 Å². The molecule has 0 aliphatic carbocycles. The van der Waals surface area contributed by atoms with Gasteiger partial charge in [0.1, 0.15) is 5.75 Å². The van der Waals surface area contributed by atoms with Crippen LogP contribution >= 0.6 is 11.3 Å². The minimum atomic E-state index is 0.704. The number of thiazole rings is 1. The summed E-state index contributed by atoms with van der Waals surface area (Å²) in [4.78, 5) is 10.3. The first-order valence-electron chi connectivity index (χ1n) is 10.6. The molecule has 4 aromatic rings. The van der Waals surface area contributed by atoms with Gasteiger partial charge in [-0.25, -0.2) is 4.98 Å². The zero-order valence-electron chi connectivity index (χ0n) is 17.5. The van der Waals surface area contributed by atoms with Crippen LogP contribution in [0.4, 0.5) is 0 Å². The number of hydrogen-bond acceptors (Lipinski definition) is 5. The lowest BCUT2D eigenvalue weighted by Crippen LogP contribution is -2.30. The van der Waals surface area contributed by atoms with Crippen molar-refractivity contribution in [3.8, 4) is 11.8 Å². The lowest BCUT2D eigenvalue weighted by Gasteiger charge is -2.26. The molecular weight excluding hydrogens is 404 g/mol. The summed E-state index contributed by atoms with van der Waals surface area (Å²) in [6.45, 7) is 5.76. The highest BCUT2D eigenvalue weighted by Gasteiger charge is 2.16. The van der Waals surface area contributed by atoms with E-state index < -0.39 is 0 Å². The first kappa shape index (κ1) is 19.8. The normalized spacial score (nSPS) is 14.6. The van der Waals surface area contributed by atoms with Crippen molar-refractivity contribution in [1.29, 1.82) is 5.26 Å². The van der Waals surface area contributed by atoms with Gasteiger partial charge in [-0.2, -0.15) is 5.26 Å². The highest BCUT2D eigenvalue weighted by molar-refractivity contribution is 7.18. The molecule has 2 aromatic carbocycles. The highest BCUT2D eigenvalue weighted by Crippen LogP contribution is 2.30. The Morgan fingerprint density at radius 3 is 3.03 bits per heavy atom. The molecule has 0 fully saturated rings. The Morgan fingerprint density at radius 1 is 1.26 bits per heavy atom. The van der Waals surface area contributed by atoms with Gasteiger partial charge in [-0.1, -0.05) is 6.08 Å². The van der Waals surface area contributed by atoms with Crippen LogP contribution in [0.25, 0.3) is 26.7 Å². The van der Waals surface area contributed by atoms with E-state index in [4.69, 9.17) is 4.74 Å². The molecule has 5 rings (SSSR count). The fourth-order valence-corrected chi connectivity index (χ4v) is 5.01. The van der Waals surface area contributed by atoms with Crippen LogP contribution in [-0.4, -0.2) is 41.1 Å². The predicted octanol–water partition coefficient (Wildman–Crippen LogP) is 5.52. The molecule has 5 nitrogen and oxygen atoms in total. The Balaban J connectivity index is 1.15. The average molecular weight is 429 g/mol. The van der Waals surface area contributed by atoms with E-state index in [0.717, 1.165) is 59.7 Å². The Morgan fingerprint density at radius 2 is 2.19 bits per heavy atom. The van der Waals surface area contributed by atoms with Crippen molar-refractivity contribution in [2.24, 2.45) is 0 Å². The van der Waals surface area contributed by atoms with Gasteiger partial charge in [-0.15, -0.1) is 11.3 Å². The Kier molecular flexibility index (Phi) is 5.46. The molecule has 2 aromatic heterocycles. The number of hydrogen-bond donors (Lipinski definition) is 1. The lowest BCUT2D eigenvalue weighted by molar-refractivity contribution is 0.248. The van der Waals surface area contributed by atoms with E-state index in [9.17, 15) is 5.26 Å². The van der Waals surface area contributed by atoms with E-state index in [0.29, 0.717) is 12.2 Å². The molecule has 156 valence electrons. The molecule has 0 unspecified atom stereocenters. The Bertz CT molecular complexity index is 1310. The first-order valence-corrected chi connectivity index (χ1v) is 11.4. The molecule has 1 aliphatic heterocycles. The van der Waals surface area contributed by atoms with E-state index in [1.54, 1.807) is 11.3 Å². The largest absolute Gasteiger partial charge is 0.493 e. The molecule has 0 spiro atoms. The standard InChI is InChI=1S/C25H24N4OS/c1-17-28-24-14-20(4-6-25(24)31-17)30-12-2-9-29-10-7-19(8-11-29)22-16-27-23-5-3-18(15-26)13-21(22)23/h3-7,13-14,16,27H,2,8-12H2,1H3. The summed E-state index contributed by atoms with van der Waals surface area (Å²) in [5, 5.41) is 11.4. The van der Waals surface area contributed by atoms with Gasteiger partial charge in [0.05, 0.1) is 33.5 Å². The van der Waals surface area contributed by atoms with E-state index in [1.165, 1.54) is 15.8 Å². The maximum Gasteiger partial charge on any atom is 0.121 e. The second-order valence-corrected chi connectivity index (χ2v) is 9.15. The first-order chi connectivity index (χ1) is 15.2. The summed E-state index contributed by atoms with van der Waals surface area (Å²) in [5.74, 6) is 0.898. The SMILES string of the molecule is Cc1nc2cc(OCCCN3CC=C(c4c[nH]c5ccc(C#N)cc45)CC3)ccc2s1. The number of ether oxygens (including phenoxy) is 1. The van der Waals surface area contributed by atoms with Crippen LogP contribution in [0.5, 0.6) is 5.75 Å². The Hall–Kier alpha value is -3.14. The third-order valence-corrected chi connectivity index (χ3v) is 6.76. The van der Waals surface area contributed by atoms with Crippen LogP contribution in [0.1, 0.15) is 29.0 Å². The molecule has 0 saturated heterocycles. The van der Waals surface area contributed by atoms with Crippen LogP contribution in [0.15, 0.2) is 48.7 Å².